The standard InChI is InChI=1S/C16H22O2/c1-2-3-12-15(16(17)18)13-8-7-11-14-9-5-4-6-10-14/h4-6,8-10,13,15H,2-3,7,11-12H2,1H3,(H,17,18). The second-order valence-electron chi connectivity index (χ2n) is 4.54. The summed E-state index contributed by atoms with van der Waals surface area (Å²) in [6.45, 7) is 2.08. The van der Waals surface area contributed by atoms with Gasteiger partial charge in [-0.15, -0.1) is 0 Å². The minimum Gasteiger partial charge on any atom is -0.481 e. The minimum atomic E-state index is -0.709. The average molecular weight is 246 g/mol. The predicted molar refractivity (Wildman–Crippen MR) is 74.6 cm³/mol. The quantitative estimate of drug-likeness (QED) is 0.702. The number of aliphatic carboxylic acids is 1. The Bertz CT molecular complexity index is 368. The number of carbonyl (C=O) groups is 1. The van der Waals surface area contributed by atoms with E-state index in [4.69, 9.17) is 5.11 Å². The maximum atomic E-state index is 11.0. The predicted octanol–water partition coefficient (Wildman–Crippen LogP) is 4.07. The molecule has 1 N–H and O–H groups in total. The fraction of sp³-hybridized carbons (Fsp3) is 0.438. The van der Waals surface area contributed by atoms with E-state index >= 15 is 0 Å². The van der Waals surface area contributed by atoms with Crippen LogP contribution in [0.3, 0.4) is 0 Å². The second kappa shape index (κ2) is 8.51. The van der Waals surface area contributed by atoms with Crippen molar-refractivity contribution in [1.82, 2.24) is 0 Å². The van der Waals surface area contributed by atoms with Crippen LogP contribution in [0.4, 0.5) is 0 Å². The largest absolute Gasteiger partial charge is 0.481 e. The van der Waals surface area contributed by atoms with Gasteiger partial charge in [0.1, 0.15) is 0 Å². The van der Waals surface area contributed by atoms with E-state index in [1.54, 1.807) is 0 Å². The van der Waals surface area contributed by atoms with Gasteiger partial charge in [0.05, 0.1) is 5.92 Å². The molecule has 0 aliphatic rings. The van der Waals surface area contributed by atoms with Crippen molar-refractivity contribution in [1.29, 1.82) is 0 Å². The van der Waals surface area contributed by atoms with Crippen molar-refractivity contribution >= 4 is 5.97 Å². The molecule has 0 spiro atoms. The highest BCUT2D eigenvalue weighted by Gasteiger charge is 2.12. The molecule has 98 valence electrons. The molecule has 1 atom stereocenters. The Morgan fingerprint density at radius 3 is 2.67 bits per heavy atom. The maximum Gasteiger partial charge on any atom is 0.310 e. The van der Waals surface area contributed by atoms with Crippen LogP contribution in [-0.2, 0) is 11.2 Å². The zero-order chi connectivity index (χ0) is 13.2. The van der Waals surface area contributed by atoms with Gasteiger partial charge in [0, 0.05) is 0 Å². The number of hydrogen-bond acceptors (Lipinski definition) is 1. The fourth-order valence-corrected chi connectivity index (χ4v) is 1.88. The number of allylic oxidation sites excluding steroid dienone is 1. The third-order valence-corrected chi connectivity index (χ3v) is 3.00. The van der Waals surface area contributed by atoms with Gasteiger partial charge in [-0.25, -0.2) is 0 Å². The van der Waals surface area contributed by atoms with E-state index in [0.717, 1.165) is 32.1 Å². The van der Waals surface area contributed by atoms with Gasteiger partial charge < -0.3 is 5.11 Å². The number of aryl methyl sites for hydroxylation is 1. The third-order valence-electron chi connectivity index (χ3n) is 3.00. The molecule has 0 aliphatic carbocycles. The lowest BCUT2D eigenvalue weighted by molar-refractivity contribution is -0.140. The van der Waals surface area contributed by atoms with Gasteiger partial charge in [0.15, 0.2) is 0 Å². The van der Waals surface area contributed by atoms with Crippen LogP contribution < -0.4 is 0 Å². The molecular weight excluding hydrogens is 224 g/mol. The highest BCUT2D eigenvalue weighted by atomic mass is 16.4. The summed E-state index contributed by atoms with van der Waals surface area (Å²) in [5, 5.41) is 9.06. The Balaban J connectivity index is 2.35. The van der Waals surface area contributed by atoms with E-state index in [1.807, 2.05) is 30.4 Å². The van der Waals surface area contributed by atoms with E-state index in [-0.39, 0.29) is 5.92 Å². The van der Waals surface area contributed by atoms with Crippen molar-refractivity contribution in [2.24, 2.45) is 5.92 Å². The number of carboxylic acids is 1. The molecule has 0 bridgehead atoms. The highest BCUT2D eigenvalue weighted by Crippen LogP contribution is 2.11. The van der Waals surface area contributed by atoms with Crippen molar-refractivity contribution in [3.8, 4) is 0 Å². The Hall–Kier alpha value is -1.57. The van der Waals surface area contributed by atoms with Crippen molar-refractivity contribution in [3.05, 3.63) is 48.0 Å². The van der Waals surface area contributed by atoms with Crippen LogP contribution in [0.25, 0.3) is 0 Å². The van der Waals surface area contributed by atoms with Gasteiger partial charge in [-0.05, 0) is 24.8 Å². The molecular formula is C16H22O2. The summed E-state index contributed by atoms with van der Waals surface area (Å²) in [5.74, 6) is -1.03. The summed E-state index contributed by atoms with van der Waals surface area (Å²) >= 11 is 0. The van der Waals surface area contributed by atoms with Gasteiger partial charge in [0.25, 0.3) is 0 Å². The topological polar surface area (TPSA) is 37.3 Å². The molecule has 0 aromatic heterocycles. The van der Waals surface area contributed by atoms with E-state index in [0.29, 0.717) is 0 Å². The first kappa shape index (κ1) is 14.5. The Kier molecular flexibility index (Phi) is 6.85. The summed E-state index contributed by atoms with van der Waals surface area (Å²) in [5.41, 5.74) is 1.29. The lowest BCUT2D eigenvalue weighted by Crippen LogP contribution is -2.10. The summed E-state index contributed by atoms with van der Waals surface area (Å²) in [6.07, 6.45) is 8.48. The Morgan fingerprint density at radius 2 is 2.06 bits per heavy atom. The number of rotatable bonds is 8. The van der Waals surface area contributed by atoms with Gasteiger partial charge in [-0.1, -0.05) is 62.2 Å². The molecule has 0 saturated heterocycles. The third kappa shape index (κ3) is 5.67. The van der Waals surface area contributed by atoms with Crippen molar-refractivity contribution < 1.29 is 9.90 Å². The van der Waals surface area contributed by atoms with Crippen LogP contribution in [0.1, 0.15) is 38.2 Å². The van der Waals surface area contributed by atoms with Crippen LogP contribution in [0.2, 0.25) is 0 Å². The number of benzene rings is 1. The van der Waals surface area contributed by atoms with Crippen LogP contribution in [0.15, 0.2) is 42.5 Å². The van der Waals surface area contributed by atoms with Crippen LogP contribution in [-0.4, -0.2) is 11.1 Å². The Morgan fingerprint density at radius 1 is 1.33 bits per heavy atom. The second-order valence-corrected chi connectivity index (χ2v) is 4.54. The number of carboxylic acid groups (broad SMARTS) is 1. The highest BCUT2D eigenvalue weighted by molar-refractivity contribution is 5.72. The minimum absolute atomic E-state index is 0.319. The van der Waals surface area contributed by atoms with Crippen LogP contribution in [0, 0.1) is 5.92 Å². The normalized spacial score (nSPS) is 12.7. The molecule has 2 heteroatoms. The molecule has 0 heterocycles. The molecule has 0 amide bonds. The summed E-state index contributed by atoms with van der Waals surface area (Å²) in [4.78, 5) is 11.0. The molecule has 18 heavy (non-hydrogen) atoms. The molecule has 1 aromatic carbocycles. The monoisotopic (exact) mass is 246 g/mol. The van der Waals surface area contributed by atoms with E-state index in [1.165, 1.54) is 5.56 Å². The lowest BCUT2D eigenvalue weighted by atomic mass is 10.0. The fourth-order valence-electron chi connectivity index (χ4n) is 1.88. The number of unbranched alkanes of at least 4 members (excludes halogenated alkanes) is 1. The molecule has 0 fully saturated rings. The van der Waals surface area contributed by atoms with Crippen molar-refractivity contribution in [2.45, 2.75) is 39.0 Å². The zero-order valence-corrected chi connectivity index (χ0v) is 11.0. The van der Waals surface area contributed by atoms with E-state index in [9.17, 15) is 4.79 Å². The first-order chi connectivity index (χ1) is 8.74. The molecule has 2 nitrogen and oxygen atoms in total. The molecule has 0 aliphatic heterocycles. The van der Waals surface area contributed by atoms with Gasteiger partial charge in [0.2, 0.25) is 0 Å². The molecule has 1 rings (SSSR count). The summed E-state index contributed by atoms with van der Waals surface area (Å²) in [6, 6.07) is 10.3. The van der Waals surface area contributed by atoms with Crippen molar-refractivity contribution in [3.63, 3.8) is 0 Å². The van der Waals surface area contributed by atoms with E-state index in [2.05, 4.69) is 19.1 Å². The maximum absolute atomic E-state index is 11.0. The van der Waals surface area contributed by atoms with Gasteiger partial charge in [-0.3, -0.25) is 4.79 Å². The van der Waals surface area contributed by atoms with Gasteiger partial charge >= 0.3 is 5.97 Å². The molecule has 0 saturated carbocycles. The summed E-state index contributed by atoms with van der Waals surface area (Å²) in [7, 11) is 0. The average Bonchev–Trinajstić information content (AvgIpc) is 2.38. The SMILES string of the molecule is CCCCC(C=CCCc1ccccc1)C(=O)O. The molecule has 0 radical (unpaired) electrons. The van der Waals surface area contributed by atoms with Crippen LogP contribution in [0.5, 0.6) is 0 Å². The van der Waals surface area contributed by atoms with Gasteiger partial charge in [-0.2, -0.15) is 0 Å². The first-order valence-corrected chi connectivity index (χ1v) is 6.67. The number of hydrogen-bond donors (Lipinski definition) is 1. The summed E-state index contributed by atoms with van der Waals surface area (Å²) < 4.78 is 0. The van der Waals surface area contributed by atoms with Crippen LogP contribution >= 0.6 is 0 Å². The smallest absolute Gasteiger partial charge is 0.310 e. The van der Waals surface area contributed by atoms with Crippen molar-refractivity contribution in [2.75, 3.05) is 0 Å². The first-order valence-electron chi connectivity index (χ1n) is 6.67. The Labute approximate surface area is 109 Å². The molecule has 1 unspecified atom stereocenters. The zero-order valence-electron chi connectivity index (χ0n) is 11.0. The molecule has 1 aromatic rings. The van der Waals surface area contributed by atoms with E-state index < -0.39 is 5.97 Å². The lowest BCUT2D eigenvalue weighted by Gasteiger charge is -2.05.